The molecule has 0 bridgehead atoms. The van der Waals surface area contributed by atoms with E-state index >= 15 is 0 Å². The predicted molar refractivity (Wildman–Crippen MR) is 66.2 cm³/mol. The number of alkyl halides is 3. The van der Waals surface area contributed by atoms with Crippen LogP contribution in [0.1, 0.15) is 12.0 Å². The highest BCUT2D eigenvalue weighted by Crippen LogP contribution is 2.30. The van der Waals surface area contributed by atoms with Gasteiger partial charge >= 0.3 is 6.18 Å². The predicted octanol–water partition coefficient (Wildman–Crippen LogP) is 3.77. The molecule has 1 aliphatic carbocycles. The summed E-state index contributed by atoms with van der Waals surface area (Å²) in [5, 5.41) is 0. The molecular weight excluding hydrogens is 255 g/mol. The van der Waals surface area contributed by atoms with Gasteiger partial charge < -0.3 is 10.5 Å². The summed E-state index contributed by atoms with van der Waals surface area (Å²) in [6, 6.07) is 4.58. The molecule has 0 unspecified atom stereocenters. The van der Waals surface area contributed by atoms with E-state index < -0.39 is 11.7 Å². The van der Waals surface area contributed by atoms with Gasteiger partial charge in [0.15, 0.2) is 0 Å². The number of rotatable bonds is 2. The molecule has 0 fully saturated rings. The zero-order chi connectivity index (χ0) is 13.9. The summed E-state index contributed by atoms with van der Waals surface area (Å²) < 4.78 is 42.7. The molecule has 1 aromatic carbocycles. The third-order valence-electron chi connectivity index (χ3n) is 2.52. The molecule has 0 saturated heterocycles. The van der Waals surface area contributed by atoms with E-state index in [1.807, 2.05) is 6.08 Å². The average molecular weight is 267 g/mol. The fourth-order valence-corrected chi connectivity index (χ4v) is 1.56. The third kappa shape index (κ3) is 3.64. The summed E-state index contributed by atoms with van der Waals surface area (Å²) >= 11 is 0. The highest BCUT2D eigenvalue weighted by Gasteiger charge is 2.30. The van der Waals surface area contributed by atoms with Crippen molar-refractivity contribution in [3.63, 3.8) is 0 Å². The number of hydrogen-bond donors (Lipinski definition) is 1. The van der Waals surface area contributed by atoms with Gasteiger partial charge in [-0.15, -0.1) is 0 Å². The van der Waals surface area contributed by atoms with Gasteiger partial charge in [0, 0.05) is 12.1 Å². The number of hydrogen-bond acceptors (Lipinski definition) is 2. The Balaban J connectivity index is 2.10. The summed E-state index contributed by atoms with van der Waals surface area (Å²) in [5.74, 6) is 0.984. The maximum atomic E-state index is 12.4. The molecule has 0 aliphatic heterocycles. The normalized spacial score (nSPS) is 15.5. The van der Waals surface area contributed by atoms with E-state index in [4.69, 9.17) is 10.5 Å². The minimum atomic E-state index is -4.33. The Morgan fingerprint density at radius 2 is 1.74 bits per heavy atom. The van der Waals surface area contributed by atoms with E-state index in [0.717, 1.165) is 12.1 Å². The van der Waals surface area contributed by atoms with E-state index in [-0.39, 0.29) is 0 Å². The summed E-state index contributed by atoms with van der Waals surface area (Å²) in [5.41, 5.74) is 5.51. The molecule has 0 radical (unpaired) electrons. The molecule has 19 heavy (non-hydrogen) atoms. The van der Waals surface area contributed by atoms with Crippen molar-refractivity contribution in [2.45, 2.75) is 12.6 Å². The van der Waals surface area contributed by atoms with E-state index in [1.165, 1.54) is 12.1 Å². The Kier molecular flexibility index (Phi) is 3.64. The van der Waals surface area contributed by atoms with Crippen LogP contribution in [0.25, 0.3) is 0 Å². The first kappa shape index (κ1) is 13.3. The number of ether oxygens (including phenoxy) is 1. The maximum Gasteiger partial charge on any atom is 0.416 e. The summed E-state index contributed by atoms with van der Waals surface area (Å²) in [7, 11) is 0. The number of benzene rings is 1. The molecule has 0 heterocycles. The Morgan fingerprint density at radius 3 is 2.37 bits per heavy atom. The molecule has 100 valence electrons. The minimum Gasteiger partial charge on any atom is -0.461 e. The van der Waals surface area contributed by atoms with Crippen LogP contribution in [0.2, 0.25) is 0 Å². The Bertz CT molecular complexity index is 539. The highest BCUT2D eigenvalue weighted by atomic mass is 19.4. The van der Waals surface area contributed by atoms with Crippen molar-refractivity contribution in [3.8, 4) is 5.75 Å². The smallest absolute Gasteiger partial charge is 0.416 e. The van der Waals surface area contributed by atoms with Crippen LogP contribution in [0.4, 0.5) is 13.2 Å². The SMILES string of the molecule is NC1=CC=C(Oc2ccc(C(F)(F)F)cc2)CC=C1. The van der Waals surface area contributed by atoms with Gasteiger partial charge in [-0.3, -0.25) is 0 Å². The van der Waals surface area contributed by atoms with Gasteiger partial charge in [0.2, 0.25) is 0 Å². The Hall–Kier alpha value is -2.17. The molecule has 0 amide bonds. The molecule has 2 N–H and O–H groups in total. The van der Waals surface area contributed by atoms with Gasteiger partial charge in [-0.05, 0) is 42.5 Å². The molecular formula is C14H12F3NO. The van der Waals surface area contributed by atoms with Crippen molar-refractivity contribution in [1.82, 2.24) is 0 Å². The van der Waals surface area contributed by atoms with E-state index in [0.29, 0.717) is 23.6 Å². The second-order valence-corrected chi connectivity index (χ2v) is 4.03. The molecule has 5 heteroatoms. The number of allylic oxidation sites excluding steroid dienone is 4. The summed E-state index contributed by atoms with van der Waals surface area (Å²) in [6.07, 6.45) is 3.17. The maximum absolute atomic E-state index is 12.4. The first-order chi connectivity index (χ1) is 8.95. The zero-order valence-corrected chi connectivity index (χ0v) is 9.95. The van der Waals surface area contributed by atoms with Crippen LogP contribution in [-0.2, 0) is 6.18 Å². The Morgan fingerprint density at radius 1 is 1.05 bits per heavy atom. The summed E-state index contributed by atoms with van der Waals surface area (Å²) in [4.78, 5) is 0. The topological polar surface area (TPSA) is 35.2 Å². The second-order valence-electron chi connectivity index (χ2n) is 4.03. The van der Waals surface area contributed by atoms with Crippen LogP contribution < -0.4 is 10.5 Å². The van der Waals surface area contributed by atoms with E-state index in [9.17, 15) is 13.2 Å². The van der Waals surface area contributed by atoms with Gasteiger partial charge in [-0.1, -0.05) is 6.08 Å². The molecule has 2 nitrogen and oxygen atoms in total. The lowest BCUT2D eigenvalue weighted by atomic mass is 10.2. The third-order valence-corrected chi connectivity index (χ3v) is 2.52. The van der Waals surface area contributed by atoms with Crippen molar-refractivity contribution in [2.24, 2.45) is 5.73 Å². The lowest BCUT2D eigenvalue weighted by molar-refractivity contribution is -0.137. The lowest BCUT2D eigenvalue weighted by Gasteiger charge is -2.10. The van der Waals surface area contributed by atoms with Crippen molar-refractivity contribution in [1.29, 1.82) is 0 Å². The van der Waals surface area contributed by atoms with Crippen molar-refractivity contribution < 1.29 is 17.9 Å². The minimum absolute atomic E-state index is 0.363. The van der Waals surface area contributed by atoms with Crippen LogP contribution in [0.3, 0.4) is 0 Å². The van der Waals surface area contributed by atoms with Crippen molar-refractivity contribution in [3.05, 3.63) is 65.6 Å². The van der Waals surface area contributed by atoms with Gasteiger partial charge in [0.05, 0.1) is 5.56 Å². The fraction of sp³-hybridized carbons (Fsp3) is 0.143. The number of nitrogens with two attached hydrogens (primary N) is 1. The van der Waals surface area contributed by atoms with Crippen molar-refractivity contribution in [2.75, 3.05) is 0 Å². The molecule has 0 spiro atoms. The van der Waals surface area contributed by atoms with E-state index in [2.05, 4.69) is 0 Å². The monoisotopic (exact) mass is 267 g/mol. The highest BCUT2D eigenvalue weighted by molar-refractivity contribution is 5.32. The molecule has 2 rings (SSSR count). The van der Waals surface area contributed by atoms with Gasteiger partial charge in [0.1, 0.15) is 11.5 Å². The van der Waals surface area contributed by atoms with Gasteiger partial charge in [-0.25, -0.2) is 0 Å². The Labute approximate surface area is 108 Å². The molecule has 1 aliphatic rings. The van der Waals surface area contributed by atoms with Crippen LogP contribution in [-0.4, -0.2) is 0 Å². The lowest BCUT2D eigenvalue weighted by Crippen LogP contribution is -2.04. The van der Waals surface area contributed by atoms with Gasteiger partial charge in [-0.2, -0.15) is 13.2 Å². The molecule has 0 atom stereocenters. The van der Waals surface area contributed by atoms with E-state index in [1.54, 1.807) is 18.2 Å². The first-order valence-corrected chi connectivity index (χ1v) is 5.63. The van der Waals surface area contributed by atoms with Crippen LogP contribution in [0.5, 0.6) is 5.75 Å². The molecule has 1 aromatic rings. The molecule has 0 aromatic heterocycles. The van der Waals surface area contributed by atoms with Crippen molar-refractivity contribution >= 4 is 0 Å². The molecule has 0 saturated carbocycles. The summed E-state index contributed by atoms with van der Waals surface area (Å²) in [6.45, 7) is 0. The van der Waals surface area contributed by atoms with Gasteiger partial charge in [0.25, 0.3) is 0 Å². The second kappa shape index (κ2) is 5.22. The van der Waals surface area contributed by atoms with Crippen LogP contribution in [0, 0.1) is 0 Å². The quantitative estimate of drug-likeness (QED) is 0.885. The standard InChI is InChI=1S/C14H12F3NO/c15-14(16,17)10-4-7-13(8-5-10)19-12-3-1-2-11(18)6-9-12/h1-2,4-9H,3,18H2. The fourth-order valence-electron chi connectivity index (χ4n) is 1.56. The largest absolute Gasteiger partial charge is 0.461 e. The first-order valence-electron chi connectivity index (χ1n) is 5.63. The van der Waals surface area contributed by atoms with Crippen LogP contribution in [0.15, 0.2) is 60.0 Å². The number of halogens is 3. The average Bonchev–Trinajstić information content (AvgIpc) is 2.54. The van der Waals surface area contributed by atoms with Crippen LogP contribution >= 0.6 is 0 Å². The zero-order valence-electron chi connectivity index (χ0n) is 9.95.